The van der Waals surface area contributed by atoms with E-state index in [1.807, 2.05) is 56.3 Å². The molecule has 32 heavy (non-hydrogen) atoms. The van der Waals surface area contributed by atoms with Gasteiger partial charge in [0.25, 0.3) is 5.91 Å². The maximum absolute atomic E-state index is 12.5. The van der Waals surface area contributed by atoms with Crippen molar-refractivity contribution in [2.45, 2.75) is 27.3 Å². The van der Waals surface area contributed by atoms with Crippen LogP contribution in [0.4, 0.5) is 5.69 Å². The van der Waals surface area contributed by atoms with Gasteiger partial charge in [0.05, 0.1) is 18.1 Å². The van der Waals surface area contributed by atoms with Crippen LogP contribution in [0.25, 0.3) is 0 Å². The molecule has 4 rings (SSSR count). The Hall–Kier alpha value is -3.59. The highest BCUT2D eigenvalue weighted by atomic mass is 79.9. The third kappa shape index (κ3) is 5.55. The second-order valence-electron chi connectivity index (χ2n) is 7.23. The molecule has 2 aromatic carbocycles. The Morgan fingerprint density at radius 1 is 1.03 bits per heavy atom. The molecule has 0 aliphatic carbocycles. The van der Waals surface area contributed by atoms with Crippen molar-refractivity contribution in [3.63, 3.8) is 0 Å². The molecule has 0 bridgehead atoms. The molecule has 0 spiro atoms. The molecule has 0 saturated heterocycles. The van der Waals surface area contributed by atoms with E-state index in [-0.39, 0.29) is 25.1 Å². The summed E-state index contributed by atoms with van der Waals surface area (Å²) >= 11 is 3.39. The number of anilines is 1. The maximum Gasteiger partial charge on any atom is 0.276 e. The summed E-state index contributed by atoms with van der Waals surface area (Å²) < 4.78 is 15.6. The quantitative estimate of drug-likeness (QED) is 0.380. The molecular weight excluding hydrogens is 474 g/mol. The van der Waals surface area contributed by atoms with Crippen LogP contribution in [0.3, 0.4) is 0 Å². The van der Waals surface area contributed by atoms with E-state index in [2.05, 4.69) is 31.4 Å². The first-order valence-corrected chi connectivity index (χ1v) is 10.7. The monoisotopic (exact) mass is 495 g/mol. The number of amides is 1. The van der Waals surface area contributed by atoms with Gasteiger partial charge in [0, 0.05) is 10.7 Å². The number of nitrogens with one attached hydrogen (secondary N) is 1. The Morgan fingerprint density at radius 3 is 2.62 bits per heavy atom. The summed E-state index contributed by atoms with van der Waals surface area (Å²) in [6.45, 7) is 4.43. The second-order valence-corrected chi connectivity index (χ2v) is 8.15. The third-order valence-corrected chi connectivity index (χ3v) is 5.17. The Morgan fingerprint density at radius 2 is 1.81 bits per heavy atom. The summed E-state index contributed by atoms with van der Waals surface area (Å²) in [4.78, 5) is 12.5. The first kappa shape index (κ1) is 21.6. The van der Waals surface area contributed by atoms with E-state index in [0.717, 1.165) is 27.1 Å². The highest BCUT2D eigenvalue weighted by Crippen LogP contribution is 2.20. The van der Waals surface area contributed by atoms with Crippen LogP contribution >= 0.6 is 15.9 Å². The molecule has 164 valence electrons. The fraction of sp³-hybridized carbons (Fsp3) is 0.174. The van der Waals surface area contributed by atoms with E-state index < -0.39 is 0 Å². The van der Waals surface area contributed by atoms with E-state index in [9.17, 15) is 4.79 Å². The second kappa shape index (κ2) is 9.69. The minimum atomic E-state index is -0.330. The number of carbonyl (C=O) groups excluding carboxylic acids is 1. The molecule has 8 nitrogen and oxygen atoms in total. The number of aromatic nitrogens is 4. The van der Waals surface area contributed by atoms with E-state index >= 15 is 0 Å². The molecule has 4 aromatic rings. The molecule has 1 N–H and O–H groups in total. The van der Waals surface area contributed by atoms with Crippen LogP contribution in [0.15, 0.2) is 71.6 Å². The van der Waals surface area contributed by atoms with Crippen LogP contribution in [0, 0.1) is 13.8 Å². The lowest BCUT2D eigenvalue weighted by Crippen LogP contribution is -2.14. The van der Waals surface area contributed by atoms with Crippen molar-refractivity contribution in [1.29, 1.82) is 0 Å². The summed E-state index contributed by atoms with van der Waals surface area (Å²) in [5, 5.41) is 11.3. The zero-order valence-electron chi connectivity index (χ0n) is 17.7. The Labute approximate surface area is 193 Å². The predicted molar refractivity (Wildman–Crippen MR) is 124 cm³/mol. The van der Waals surface area contributed by atoms with Crippen LogP contribution < -0.4 is 14.8 Å². The molecule has 9 heteroatoms. The molecule has 0 saturated carbocycles. The van der Waals surface area contributed by atoms with Crippen LogP contribution in [-0.2, 0) is 13.5 Å². The van der Waals surface area contributed by atoms with Gasteiger partial charge in [-0.1, -0.05) is 28.1 Å². The normalized spacial score (nSPS) is 10.7. The number of hydrogen-bond acceptors (Lipinski definition) is 5. The summed E-state index contributed by atoms with van der Waals surface area (Å²) in [7, 11) is 0. The minimum Gasteiger partial charge on any atom is -0.471 e. The van der Waals surface area contributed by atoms with Crippen molar-refractivity contribution >= 4 is 27.5 Å². The van der Waals surface area contributed by atoms with Gasteiger partial charge in [0.1, 0.15) is 11.5 Å². The van der Waals surface area contributed by atoms with Crippen molar-refractivity contribution in [2.75, 3.05) is 5.32 Å². The van der Waals surface area contributed by atoms with Crippen LogP contribution in [-0.4, -0.2) is 25.5 Å². The summed E-state index contributed by atoms with van der Waals surface area (Å²) in [6, 6.07) is 15.2. The summed E-state index contributed by atoms with van der Waals surface area (Å²) in [5.41, 5.74) is 3.00. The number of nitrogens with zero attached hydrogens (tertiary/aromatic N) is 4. The van der Waals surface area contributed by atoms with E-state index in [1.165, 1.54) is 0 Å². The SMILES string of the molecule is Cc1ccc(C)c(OCn2ccc(C(=O)Nc3cnn(COc4ccc(Br)cc4)c3)n2)c1. The lowest BCUT2D eigenvalue weighted by atomic mass is 10.1. The molecule has 2 heterocycles. The number of aryl methyl sites for hydroxylation is 2. The van der Waals surface area contributed by atoms with Crippen LogP contribution in [0.1, 0.15) is 21.6 Å². The zero-order valence-corrected chi connectivity index (χ0v) is 19.2. The first-order chi connectivity index (χ1) is 15.5. The molecule has 0 radical (unpaired) electrons. The largest absolute Gasteiger partial charge is 0.471 e. The zero-order chi connectivity index (χ0) is 22.5. The number of ether oxygens (including phenoxy) is 2. The molecule has 0 aliphatic heterocycles. The van der Waals surface area contributed by atoms with Gasteiger partial charge in [-0.05, 0) is 61.4 Å². The van der Waals surface area contributed by atoms with Gasteiger partial charge in [0.15, 0.2) is 19.2 Å². The maximum atomic E-state index is 12.5. The fourth-order valence-electron chi connectivity index (χ4n) is 2.92. The summed E-state index contributed by atoms with van der Waals surface area (Å²) in [6.07, 6.45) is 4.95. The molecule has 0 fully saturated rings. The lowest BCUT2D eigenvalue weighted by molar-refractivity contribution is 0.102. The van der Waals surface area contributed by atoms with Gasteiger partial charge >= 0.3 is 0 Å². The summed E-state index contributed by atoms with van der Waals surface area (Å²) in [5.74, 6) is 1.19. The predicted octanol–water partition coefficient (Wildman–Crippen LogP) is 4.78. The van der Waals surface area contributed by atoms with Crippen molar-refractivity contribution in [1.82, 2.24) is 19.6 Å². The average Bonchev–Trinajstić information content (AvgIpc) is 3.43. The molecular formula is C23H22BrN5O3. The van der Waals surface area contributed by atoms with Gasteiger partial charge in [-0.25, -0.2) is 9.36 Å². The number of rotatable bonds is 8. The Balaban J connectivity index is 1.30. The average molecular weight is 496 g/mol. The molecule has 0 aliphatic rings. The van der Waals surface area contributed by atoms with Gasteiger partial charge in [-0.3, -0.25) is 4.79 Å². The van der Waals surface area contributed by atoms with Crippen LogP contribution in [0.2, 0.25) is 0 Å². The van der Waals surface area contributed by atoms with Gasteiger partial charge in [0.2, 0.25) is 0 Å². The fourth-order valence-corrected chi connectivity index (χ4v) is 3.18. The smallest absolute Gasteiger partial charge is 0.276 e. The van der Waals surface area contributed by atoms with Gasteiger partial charge in [-0.2, -0.15) is 10.2 Å². The first-order valence-electron chi connectivity index (χ1n) is 9.92. The molecule has 0 unspecified atom stereocenters. The number of carbonyl (C=O) groups is 1. The van der Waals surface area contributed by atoms with Crippen LogP contribution in [0.5, 0.6) is 11.5 Å². The molecule has 1 amide bonds. The van der Waals surface area contributed by atoms with Gasteiger partial charge in [-0.15, -0.1) is 0 Å². The topological polar surface area (TPSA) is 83.2 Å². The van der Waals surface area contributed by atoms with Crippen molar-refractivity contribution in [3.05, 3.63) is 88.4 Å². The molecule has 2 aromatic heterocycles. The minimum absolute atomic E-state index is 0.211. The standard InChI is InChI=1S/C23H22BrN5O3/c1-16-3-4-17(2)22(11-16)32-14-28-10-9-21(27-28)23(30)26-19-12-25-29(13-19)15-31-20-7-5-18(24)6-8-20/h3-13H,14-15H2,1-2H3,(H,26,30). The van der Waals surface area contributed by atoms with Gasteiger partial charge < -0.3 is 14.8 Å². The number of benzene rings is 2. The van der Waals surface area contributed by atoms with E-state index in [0.29, 0.717) is 5.69 Å². The molecule has 0 atom stereocenters. The Kier molecular flexibility index (Phi) is 6.55. The highest BCUT2D eigenvalue weighted by Gasteiger charge is 2.12. The number of halogens is 1. The van der Waals surface area contributed by atoms with Crippen molar-refractivity contribution in [2.24, 2.45) is 0 Å². The lowest BCUT2D eigenvalue weighted by Gasteiger charge is -2.09. The third-order valence-electron chi connectivity index (χ3n) is 4.64. The van der Waals surface area contributed by atoms with E-state index in [1.54, 1.807) is 34.0 Å². The van der Waals surface area contributed by atoms with Crippen molar-refractivity contribution in [3.8, 4) is 11.5 Å². The highest BCUT2D eigenvalue weighted by molar-refractivity contribution is 9.10. The number of hydrogen-bond donors (Lipinski definition) is 1. The van der Waals surface area contributed by atoms with Crippen molar-refractivity contribution < 1.29 is 14.3 Å². The Bertz CT molecular complexity index is 1220. The van der Waals surface area contributed by atoms with E-state index in [4.69, 9.17) is 9.47 Å².